The number of hydrogen-bond acceptors (Lipinski definition) is 5. The van der Waals surface area contributed by atoms with E-state index in [0.717, 1.165) is 0 Å². The van der Waals surface area contributed by atoms with Gasteiger partial charge in [-0.2, -0.15) is 0 Å². The Morgan fingerprint density at radius 2 is 1.14 bits per heavy atom. The molecule has 0 amide bonds. The van der Waals surface area contributed by atoms with Gasteiger partial charge in [-0.05, 0) is 0 Å². The topological polar surface area (TPSA) is 77.5 Å². The minimum atomic E-state index is -3.84. The van der Waals surface area contributed by atoms with Crippen molar-refractivity contribution in [3.63, 3.8) is 0 Å². The van der Waals surface area contributed by atoms with Gasteiger partial charge in [0.1, 0.15) is 0 Å². The van der Waals surface area contributed by atoms with Crippen LogP contribution in [0.1, 0.15) is 0 Å². The molecule has 7 heavy (non-hydrogen) atoms. The van der Waals surface area contributed by atoms with Gasteiger partial charge in [-0.3, -0.25) is 0 Å². The van der Waals surface area contributed by atoms with E-state index in [4.69, 9.17) is 0 Å². The molecule has 0 aliphatic heterocycles. The van der Waals surface area contributed by atoms with Crippen molar-refractivity contribution in [3.05, 3.63) is 0 Å². The van der Waals surface area contributed by atoms with Crippen LogP contribution in [0.4, 0.5) is 0 Å². The molecule has 44 valence electrons. The monoisotopic (exact) mass is 242 g/mol. The molecule has 0 N–H and O–H groups in total. The van der Waals surface area contributed by atoms with Gasteiger partial charge in [0.05, 0.1) is 0 Å². The van der Waals surface area contributed by atoms with Gasteiger partial charge in [0, 0.05) is 0 Å². The van der Waals surface area contributed by atoms with Gasteiger partial charge >= 0.3 is 46.4 Å². The third kappa shape index (κ3) is 6.20. The predicted octanol–water partition coefficient (Wildman–Crippen LogP) is -1.84. The molecule has 0 aliphatic rings. The average Bonchev–Trinajstić information content (AvgIpc) is 1.27. The van der Waals surface area contributed by atoms with Crippen molar-refractivity contribution in [1.82, 2.24) is 0 Å². The average molecular weight is 240 g/mol. The van der Waals surface area contributed by atoms with E-state index in [0.29, 0.717) is 0 Å². The fourth-order valence-electron chi connectivity index (χ4n) is 0.0544. The van der Waals surface area contributed by atoms with Crippen LogP contribution in [0.2, 0.25) is 0 Å². The third-order valence-electron chi connectivity index (χ3n) is 0.133. The molecule has 0 unspecified atom stereocenters. The maximum atomic E-state index is 9.34. The molecule has 0 spiro atoms. The predicted molar refractivity (Wildman–Crippen MR) is 18.1 cm³/mol. The fourth-order valence-corrected chi connectivity index (χ4v) is 1.47. The Hall–Kier alpha value is 0.199. The summed E-state index contributed by atoms with van der Waals surface area (Å²) < 4.78 is 40.7. The zero-order valence-corrected chi connectivity index (χ0v) is 6.69. The number of hydrogen-bond donors (Lipinski definition) is 0. The van der Waals surface area contributed by atoms with Crippen LogP contribution in [-0.4, -0.2) is 28.2 Å². The van der Waals surface area contributed by atoms with Crippen molar-refractivity contribution in [1.29, 1.82) is 0 Å². The molecule has 7 heteroatoms. The van der Waals surface area contributed by atoms with E-state index < -0.39 is 28.2 Å². The van der Waals surface area contributed by atoms with Crippen LogP contribution in [0, 0.1) is 0 Å². The van der Waals surface area contributed by atoms with Gasteiger partial charge in [0.2, 0.25) is 0 Å². The zero-order chi connectivity index (χ0) is 5.86. The Morgan fingerprint density at radius 1 is 0.857 bits per heavy atom. The van der Waals surface area contributed by atoms with Crippen LogP contribution in [-0.2, 0) is 18.2 Å². The van der Waals surface area contributed by atoms with Crippen LogP contribution in [0.3, 0.4) is 0 Å². The molecule has 0 aromatic rings. The Balaban J connectivity index is 3.77. The van der Waals surface area contributed by atoms with E-state index in [2.05, 4.69) is 2.90 Å². The van der Waals surface area contributed by atoms with Crippen LogP contribution in [0.25, 0.3) is 0 Å². The fraction of sp³-hybridized carbons (Fsp3) is 0. The van der Waals surface area contributed by atoms with Gasteiger partial charge in [-0.1, -0.05) is 0 Å². The van der Waals surface area contributed by atoms with Crippen LogP contribution in [0.15, 0.2) is 0 Å². The number of rotatable bonds is 2. The van der Waals surface area contributed by atoms with Gasteiger partial charge in [0.15, 0.2) is 0 Å². The Bertz CT molecular complexity index is 135. The van der Waals surface area contributed by atoms with Crippen molar-refractivity contribution in [2.45, 2.75) is 0 Å². The summed E-state index contributed by atoms with van der Waals surface area (Å²) in [6.07, 6.45) is 0. The first kappa shape index (κ1) is 7.20. The zero-order valence-electron chi connectivity index (χ0n) is 2.94. The Morgan fingerprint density at radius 3 is 1.14 bits per heavy atom. The first-order chi connectivity index (χ1) is 3.13. The molecule has 0 heterocycles. The molecule has 0 saturated heterocycles. The molecule has 0 aromatic heterocycles. The molecular formula is H2O5Se2. The summed E-state index contributed by atoms with van der Waals surface area (Å²) in [6.45, 7) is 0. The van der Waals surface area contributed by atoms with E-state index in [1.807, 2.05) is 0 Å². The van der Waals surface area contributed by atoms with E-state index in [1.54, 1.807) is 0 Å². The summed E-state index contributed by atoms with van der Waals surface area (Å²) in [5, 5.41) is 0. The first-order valence-corrected chi connectivity index (χ1v) is 5.69. The SMILES string of the molecule is O=[SeH](=O)O[SeH](=O)=O. The van der Waals surface area contributed by atoms with Crippen LogP contribution < -0.4 is 0 Å². The second-order valence-electron chi connectivity index (χ2n) is 0.529. The molecule has 0 fully saturated rings. The van der Waals surface area contributed by atoms with Crippen LogP contribution in [0.5, 0.6) is 0 Å². The Labute approximate surface area is 46.9 Å². The molecule has 0 rings (SSSR count). The second-order valence-corrected chi connectivity index (χ2v) is 4.53. The quantitative estimate of drug-likeness (QED) is 0.530. The molecule has 0 atom stereocenters. The molecular weight excluding hydrogens is 238 g/mol. The van der Waals surface area contributed by atoms with E-state index in [9.17, 15) is 15.3 Å². The summed E-state index contributed by atoms with van der Waals surface area (Å²) in [4.78, 5) is 0. The summed E-state index contributed by atoms with van der Waals surface area (Å²) >= 11 is -7.69. The maximum absolute atomic E-state index is 9.34. The molecule has 0 bridgehead atoms. The van der Waals surface area contributed by atoms with Crippen molar-refractivity contribution in [2.75, 3.05) is 0 Å². The first-order valence-electron chi connectivity index (χ1n) is 1.10. The van der Waals surface area contributed by atoms with Gasteiger partial charge < -0.3 is 0 Å². The molecule has 5 nitrogen and oxygen atoms in total. The van der Waals surface area contributed by atoms with Crippen molar-refractivity contribution in [3.8, 4) is 0 Å². The van der Waals surface area contributed by atoms with Gasteiger partial charge in [-0.15, -0.1) is 0 Å². The molecule has 0 aliphatic carbocycles. The summed E-state index contributed by atoms with van der Waals surface area (Å²) in [5.41, 5.74) is 0. The third-order valence-corrected chi connectivity index (χ3v) is 3.60. The summed E-state index contributed by atoms with van der Waals surface area (Å²) in [7, 11) is 0. The molecule has 0 radical (unpaired) electrons. The van der Waals surface area contributed by atoms with Crippen molar-refractivity contribution in [2.24, 2.45) is 0 Å². The van der Waals surface area contributed by atoms with E-state index in [1.165, 1.54) is 0 Å². The molecule has 0 aromatic carbocycles. The summed E-state index contributed by atoms with van der Waals surface area (Å²) in [6, 6.07) is 0. The van der Waals surface area contributed by atoms with Crippen LogP contribution >= 0.6 is 0 Å². The van der Waals surface area contributed by atoms with E-state index in [-0.39, 0.29) is 0 Å². The Kier molecular flexibility index (Phi) is 3.32. The second kappa shape index (κ2) is 3.23. The molecule has 0 saturated carbocycles. The van der Waals surface area contributed by atoms with Crippen molar-refractivity contribution < 1.29 is 18.2 Å². The minimum absolute atomic E-state index is 3.32. The van der Waals surface area contributed by atoms with Gasteiger partial charge in [0.25, 0.3) is 0 Å². The van der Waals surface area contributed by atoms with E-state index >= 15 is 0 Å². The summed E-state index contributed by atoms with van der Waals surface area (Å²) in [5.74, 6) is 0. The normalized spacial score (nSPS) is 10.6. The van der Waals surface area contributed by atoms with Crippen molar-refractivity contribution >= 4 is 28.2 Å². The standard InChI is InChI=1S/H2O5Se2/c1-6(2)5-7(3)4/h6-7H. The van der Waals surface area contributed by atoms with Gasteiger partial charge in [-0.25, -0.2) is 0 Å².